The standard InChI is InChI=1S/C37H31BrN2O6S/c1-4-45-36(42)32-33(25-10-6-5-7-11-25)39-37-40(34(32)26-15-18-29(43-2)30(21-26)44-3)35(41)31(47-37)20-24-9-8-12-28(19-24)46-22-23-13-16-27(38)17-14-23/h5-21,34H,4,22H2,1-3H3/b31-20-/t34-/m0/s1. The van der Waals surface area contributed by atoms with Crippen LogP contribution >= 0.6 is 27.3 Å². The van der Waals surface area contributed by atoms with Gasteiger partial charge in [0.2, 0.25) is 0 Å². The molecule has 0 amide bonds. The summed E-state index contributed by atoms with van der Waals surface area (Å²) in [5.41, 5.74) is 3.61. The first-order valence-electron chi connectivity index (χ1n) is 14.9. The summed E-state index contributed by atoms with van der Waals surface area (Å²) < 4.78 is 25.7. The zero-order valence-electron chi connectivity index (χ0n) is 25.9. The number of hydrogen-bond acceptors (Lipinski definition) is 8. The molecule has 5 aromatic rings. The molecule has 1 aliphatic heterocycles. The predicted octanol–water partition coefficient (Wildman–Crippen LogP) is 6.29. The van der Waals surface area contributed by atoms with Crippen LogP contribution in [0.2, 0.25) is 0 Å². The topological polar surface area (TPSA) is 88.4 Å². The summed E-state index contributed by atoms with van der Waals surface area (Å²) in [6.07, 6.45) is 1.82. The molecule has 6 rings (SSSR count). The lowest BCUT2D eigenvalue weighted by atomic mass is 9.93. The second-order valence-electron chi connectivity index (χ2n) is 10.5. The summed E-state index contributed by atoms with van der Waals surface area (Å²) in [6.45, 7) is 2.31. The second kappa shape index (κ2) is 14.2. The summed E-state index contributed by atoms with van der Waals surface area (Å²) in [7, 11) is 3.10. The van der Waals surface area contributed by atoms with Crippen LogP contribution in [0.1, 0.15) is 35.2 Å². The summed E-state index contributed by atoms with van der Waals surface area (Å²) in [6, 6.07) is 29.5. The second-order valence-corrected chi connectivity index (χ2v) is 12.5. The largest absolute Gasteiger partial charge is 0.493 e. The molecule has 8 nitrogen and oxygen atoms in total. The third kappa shape index (κ3) is 6.79. The number of nitrogens with zero attached hydrogens (tertiary/aromatic N) is 2. The number of benzene rings is 4. The van der Waals surface area contributed by atoms with Gasteiger partial charge in [0.25, 0.3) is 5.56 Å². The van der Waals surface area contributed by atoms with E-state index in [-0.39, 0.29) is 17.7 Å². The van der Waals surface area contributed by atoms with Crippen LogP contribution in [0.5, 0.6) is 17.2 Å². The number of ether oxygens (including phenoxy) is 4. The van der Waals surface area contributed by atoms with Crippen LogP contribution in [-0.4, -0.2) is 31.4 Å². The van der Waals surface area contributed by atoms with Crippen molar-refractivity contribution in [2.75, 3.05) is 20.8 Å². The number of aromatic nitrogens is 1. The van der Waals surface area contributed by atoms with Crippen LogP contribution in [0, 0.1) is 0 Å². The van der Waals surface area contributed by atoms with Crippen molar-refractivity contribution in [2.45, 2.75) is 19.6 Å². The van der Waals surface area contributed by atoms with E-state index in [1.165, 1.54) is 11.3 Å². The van der Waals surface area contributed by atoms with E-state index in [0.29, 0.717) is 44.4 Å². The molecular weight excluding hydrogens is 680 g/mol. The van der Waals surface area contributed by atoms with Gasteiger partial charge in [-0.25, -0.2) is 9.79 Å². The van der Waals surface area contributed by atoms with E-state index in [9.17, 15) is 9.59 Å². The molecule has 4 aromatic carbocycles. The van der Waals surface area contributed by atoms with Gasteiger partial charge in [0.15, 0.2) is 16.3 Å². The van der Waals surface area contributed by atoms with Gasteiger partial charge in [-0.3, -0.25) is 9.36 Å². The number of thiazole rings is 1. The molecule has 1 aromatic heterocycles. The van der Waals surface area contributed by atoms with Crippen molar-refractivity contribution in [1.29, 1.82) is 0 Å². The number of methoxy groups -OCH3 is 2. The highest BCUT2D eigenvalue weighted by atomic mass is 79.9. The van der Waals surface area contributed by atoms with Gasteiger partial charge < -0.3 is 18.9 Å². The molecule has 238 valence electrons. The van der Waals surface area contributed by atoms with E-state index in [4.69, 9.17) is 23.9 Å². The molecule has 0 unspecified atom stereocenters. The molecule has 2 heterocycles. The zero-order valence-corrected chi connectivity index (χ0v) is 28.3. The molecule has 0 N–H and O–H groups in total. The van der Waals surface area contributed by atoms with Crippen LogP contribution in [0.25, 0.3) is 11.8 Å². The lowest BCUT2D eigenvalue weighted by Gasteiger charge is -2.26. The maximum Gasteiger partial charge on any atom is 0.338 e. The van der Waals surface area contributed by atoms with E-state index in [1.54, 1.807) is 37.8 Å². The maximum atomic E-state index is 14.3. The van der Waals surface area contributed by atoms with Crippen LogP contribution in [0.15, 0.2) is 117 Å². The summed E-state index contributed by atoms with van der Waals surface area (Å²) in [4.78, 5) is 33.4. The van der Waals surface area contributed by atoms with Crippen molar-refractivity contribution in [1.82, 2.24) is 4.57 Å². The fourth-order valence-corrected chi connectivity index (χ4v) is 6.64. The Bertz CT molecular complexity index is 2140. The van der Waals surface area contributed by atoms with Crippen molar-refractivity contribution < 1.29 is 23.7 Å². The van der Waals surface area contributed by atoms with Crippen molar-refractivity contribution >= 4 is 45.0 Å². The molecule has 1 atom stereocenters. The van der Waals surface area contributed by atoms with Crippen LogP contribution in [0.3, 0.4) is 0 Å². The van der Waals surface area contributed by atoms with Crippen molar-refractivity contribution in [2.24, 2.45) is 4.99 Å². The zero-order chi connectivity index (χ0) is 32.9. The Hall–Kier alpha value is -4.93. The molecule has 47 heavy (non-hydrogen) atoms. The quantitative estimate of drug-likeness (QED) is 0.158. The Morgan fingerprint density at radius 3 is 2.43 bits per heavy atom. The first-order valence-corrected chi connectivity index (χ1v) is 16.5. The third-order valence-electron chi connectivity index (χ3n) is 7.57. The van der Waals surface area contributed by atoms with Crippen LogP contribution in [-0.2, 0) is 16.1 Å². The van der Waals surface area contributed by atoms with Gasteiger partial charge in [0, 0.05) is 10.0 Å². The van der Waals surface area contributed by atoms with E-state index >= 15 is 0 Å². The van der Waals surface area contributed by atoms with Gasteiger partial charge in [-0.2, -0.15) is 0 Å². The number of carbonyl (C=O) groups is 1. The molecule has 0 bridgehead atoms. The molecule has 0 fully saturated rings. The summed E-state index contributed by atoms with van der Waals surface area (Å²) in [5, 5.41) is 0. The van der Waals surface area contributed by atoms with E-state index in [0.717, 1.165) is 21.2 Å². The Labute approximate surface area is 284 Å². The molecular formula is C37H31BrN2O6S. The van der Waals surface area contributed by atoms with Gasteiger partial charge in [-0.15, -0.1) is 0 Å². The first-order chi connectivity index (χ1) is 22.9. The highest BCUT2D eigenvalue weighted by Gasteiger charge is 2.35. The third-order valence-corrected chi connectivity index (χ3v) is 9.08. The van der Waals surface area contributed by atoms with Crippen molar-refractivity contribution in [3.05, 3.63) is 149 Å². The molecule has 0 radical (unpaired) electrons. The lowest BCUT2D eigenvalue weighted by Crippen LogP contribution is -2.40. The Balaban J connectivity index is 1.50. The minimum absolute atomic E-state index is 0.160. The highest BCUT2D eigenvalue weighted by molar-refractivity contribution is 9.10. The lowest BCUT2D eigenvalue weighted by molar-refractivity contribution is -0.138. The summed E-state index contributed by atoms with van der Waals surface area (Å²) >= 11 is 4.71. The van der Waals surface area contributed by atoms with Gasteiger partial charge in [0.1, 0.15) is 12.4 Å². The minimum Gasteiger partial charge on any atom is -0.493 e. The molecule has 0 spiro atoms. The highest BCUT2D eigenvalue weighted by Crippen LogP contribution is 2.38. The van der Waals surface area contributed by atoms with E-state index < -0.39 is 12.0 Å². The van der Waals surface area contributed by atoms with Gasteiger partial charge in [-0.05, 0) is 66.1 Å². The predicted molar refractivity (Wildman–Crippen MR) is 186 cm³/mol. The molecule has 0 saturated carbocycles. The first kappa shape index (κ1) is 32.0. The average Bonchev–Trinajstić information content (AvgIpc) is 3.41. The summed E-state index contributed by atoms with van der Waals surface area (Å²) in [5.74, 6) is 1.11. The smallest absolute Gasteiger partial charge is 0.338 e. The van der Waals surface area contributed by atoms with Gasteiger partial charge >= 0.3 is 5.97 Å². The maximum absolute atomic E-state index is 14.3. The fourth-order valence-electron chi connectivity index (χ4n) is 5.37. The number of fused-ring (bicyclic) bond motifs is 1. The number of carbonyl (C=O) groups excluding carboxylic acids is 1. The number of esters is 1. The SMILES string of the molecule is CCOC(=O)C1=C(c2ccccc2)N=c2s/c(=C\c3cccc(OCc4ccc(Br)cc4)c3)c(=O)n2[C@H]1c1ccc(OC)c(OC)c1. The fraction of sp³-hybridized carbons (Fsp3) is 0.162. The minimum atomic E-state index is -0.844. The van der Waals surface area contributed by atoms with Gasteiger partial charge in [0.05, 0.1) is 42.7 Å². The normalized spacial score (nSPS) is 14.3. The Morgan fingerprint density at radius 2 is 1.70 bits per heavy atom. The van der Waals surface area contributed by atoms with Crippen LogP contribution in [0.4, 0.5) is 0 Å². The van der Waals surface area contributed by atoms with E-state index in [2.05, 4.69) is 15.9 Å². The van der Waals surface area contributed by atoms with Crippen molar-refractivity contribution in [3.63, 3.8) is 0 Å². The Kier molecular flexibility index (Phi) is 9.70. The van der Waals surface area contributed by atoms with Crippen molar-refractivity contribution in [3.8, 4) is 17.2 Å². The molecule has 0 aliphatic carbocycles. The van der Waals surface area contributed by atoms with Crippen LogP contribution < -0.4 is 29.1 Å². The Morgan fingerprint density at radius 1 is 0.936 bits per heavy atom. The number of halogens is 1. The van der Waals surface area contributed by atoms with E-state index in [1.807, 2.05) is 91.0 Å². The molecule has 0 saturated heterocycles. The monoisotopic (exact) mass is 710 g/mol. The number of hydrogen-bond donors (Lipinski definition) is 0. The van der Waals surface area contributed by atoms with Gasteiger partial charge in [-0.1, -0.05) is 87.9 Å². The number of rotatable bonds is 10. The molecule has 10 heteroatoms. The average molecular weight is 712 g/mol. The molecule has 1 aliphatic rings.